The lowest BCUT2D eigenvalue weighted by atomic mass is 10.0. The number of anilines is 1. The molecule has 0 spiro atoms. The summed E-state index contributed by atoms with van der Waals surface area (Å²) >= 11 is 0. The molecule has 0 unspecified atom stereocenters. The summed E-state index contributed by atoms with van der Waals surface area (Å²) < 4.78 is 61.8. The first-order valence-electron chi connectivity index (χ1n) is 12.8. The number of rotatable bonds is 7. The zero-order valence-corrected chi connectivity index (χ0v) is 20.9. The SMILES string of the molecule is O=C(Cc1ccc(-c2cnc(Cc3ccn4c3CCCC4)nc2)cc1F)Nc1cc(C2(C(F)(F)F)CC2)on1. The van der Waals surface area contributed by atoms with Gasteiger partial charge in [0.05, 0.1) is 6.42 Å². The van der Waals surface area contributed by atoms with E-state index in [1.807, 2.05) is 0 Å². The van der Waals surface area contributed by atoms with E-state index in [4.69, 9.17) is 4.52 Å². The van der Waals surface area contributed by atoms with E-state index in [0.717, 1.165) is 19.0 Å². The molecule has 1 aromatic carbocycles. The van der Waals surface area contributed by atoms with E-state index in [9.17, 15) is 22.4 Å². The summed E-state index contributed by atoms with van der Waals surface area (Å²) in [6, 6.07) is 7.66. The number of alkyl halides is 3. The van der Waals surface area contributed by atoms with Crippen LogP contribution in [0.4, 0.5) is 23.4 Å². The Bertz CT molecular complexity index is 1520. The molecule has 7 nitrogen and oxygen atoms in total. The van der Waals surface area contributed by atoms with E-state index in [2.05, 4.69) is 37.3 Å². The molecule has 1 saturated carbocycles. The monoisotopic (exact) mass is 539 g/mol. The lowest BCUT2D eigenvalue weighted by Gasteiger charge is -2.16. The van der Waals surface area contributed by atoms with Gasteiger partial charge in [-0.25, -0.2) is 14.4 Å². The van der Waals surface area contributed by atoms with Crippen molar-refractivity contribution in [1.29, 1.82) is 0 Å². The molecule has 4 heterocycles. The highest BCUT2D eigenvalue weighted by molar-refractivity contribution is 5.91. The van der Waals surface area contributed by atoms with Crippen LogP contribution in [0.15, 0.2) is 53.4 Å². The summed E-state index contributed by atoms with van der Waals surface area (Å²) in [6.45, 7) is 1.04. The van der Waals surface area contributed by atoms with Crippen LogP contribution in [0.2, 0.25) is 0 Å². The predicted molar refractivity (Wildman–Crippen MR) is 133 cm³/mol. The Labute approximate surface area is 221 Å². The first kappa shape index (κ1) is 25.3. The number of carbonyl (C=O) groups is 1. The van der Waals surface area contributed by atoms with Crippen molar-refractivity contribution in [2.45, 2.75) is 63.1 Å². The molecule has 0 bridgehead atoms. The van der Waals surface area contributed by atoms with Crippen LogP contribution in [0.25, 0.3) is 11.1 Å². The number of fused-ring (bicyclic) bond motifs is 1. The van der Waals surface area contributed by atoms with Gasteiger partial charge < -0.3 is 14.4 Å². The van der Waals surface area contributed by atoms with E-state index in [0.29, 0.717) is 23.4 Å². The zero-order chi connectivity index (χ0) is 27.2. The lowest BCUT2D eigenvalue weighted by molar-refractivity contribution is -0.165. The molecule has 1 amide bonds. The topological polar surface area (TPSA) is 85.8 Å². The number of amides is 1. The van der Waals surface area contributed by atoms with E-state index >= 15 is 0 Å². The van der Waals surface area contributed by atoms with Crippen LogP contribution in [0, 0.1) is 5.82 Å². The molecular weight excluding hydrogens is 514 g/mol. The molecule has 3 aromatic heterocycles. The zero-order valence-electron chi connectivity index (χ0n) is 20.9. The summed E-state index contributed by atoms with van der Waals surface area (Å²) in [6.07, 6.45) is 4.55. The summed E-state index contributed by atoms with van der Waals surface area (Å²) in [4.78, 5) is 21.4. The Morgan fingerprint density at radius 1 is 1.05 bits per heavy atom. The number of aromatic nitrogens is 4. The number of benzene rings is 1. The maximum atomic E-state index is 14.8. The molecule has 11 heteroatoms. The highest BCUT2D eigenvalue weighted by Gasteiger charge is 2.66. The van der Waals surface area contributed by atoms with Gasteiger partial charge in [0.15, 0.2) is 11.6 Å². The van der Waals surface area contributed by atoms with Crippen molar-refractivity contribution in [3.05, 3.63) is 83.1 Å². The van der Waals surface area contributed by atoms with Crippen LogP contribution in [0.5, 0.6) is 0 Å². The van der Waals surface area contributed by atoms with Crippen LogP contribution in [-0.2, 0) is 36.0 Å². The van der Waals surface area contributed by atoms with Gasteiger partial charge in [-0.2, -0.15) is 13.2 Å². The van der Waals surface area contributed by atoms with Gasteiger partial charge in [-0.05, 0) is 60.9 Å². The third-order valence-electron chi connectivity index (χ3n) is 7.57. The van der Waals surface area contributed by atoms with Gasteiger partial charge in [0.25, 0.3) is 0 Å². The van der Waals surface area contributed by atoms with Gasteiger partial charge >= 0.3 is 6.18 Å². The average Bonchev–Trinajstić information content (AvgIpc) is 3.46. The molecule has 1 aliphatic carbocycles. The minimum absolute atomic E-state index is 0.0838. The third-order valence-corrected chi connectivity index (χ3v) is 7.57. The third kappa shape index (κ3) is 4.93. The maximum Gasteiger partial charge on any atom is 0.401 e. The van der Waals surface area contributed by atoms with Gasteiger partial charge in [-0.3, -0.25) is 4.79 Å². The molecule has 0 radical (unpaired) electrons. The quantitative estimate of drug-likeness (QED) is 0.301. The van der Waals surface area contributed by atoms with Crippen LogP contribution < -0.4 is 5.32 Å². The van der Waals surface area contributed by atoms with Crippen molar-refractivity contribution in [3.63, 3.8) is 0 Å². The van der Waals surface area contributed by atoms with Gasteiger partial charge in [-0.1, -0.05) is 17.3 Å². The molecule has 1 N–H and O–H groups in total. The predicted octanol–water partition coefficient (Wildman–Crippen LogP) is 5.77. The van der Waals surface area contributed by atoms with Gasteiger partial charge in [-0.15, -0.1) is 0 Å². The van der Waals surface area contributed by atoms with Crippen molar-refractivity contribution in [1.82, 2.24) is 19.7 Å². The van der Waals surface area contributed by atoms with Crippen LogP contribution in [-0.4, -0.2) is 31.8 Å². The van der Waals surface area contributed by atoms with Crippen molar-refractivity contribution in [2.24, 2.45) is 0 Å². The number of aryl methyl sites for hydroxylation is 1. The van der Waals surface area contributed by atoms with Crippen molar-refractivity contribution in [2.75, 3.05) is 5.32 Å². The van der Waals surface area contributed by atoms with Crippen molar-refractivity contribution in [3.8, 4) is 11.1 Å². The molecule has 0 saturated heterocycles. The number of carbonyl (C=O) groups excluding carboxylic acids is 1. The molecule has 4 aromatic rings. The van der Waals surface area contributed by atoms with Crippen molar-refractivity contribution >= 4 is 11.7 Å². The van der Waals surface area contributed by atoms with E-state index in [1.165, 1.54) is 36.2 Å². The van der Waals surface area contributed by atoms with Crippen molar-refractivity contribution < 1.29 is 26.9 Å². The number of hydrogen-bond acceptors (Lipinski definition) is 5. The minimum atomic E-state index is -4.45. The molecular formula is C28H25F4N5O2. The Kier molecular flexibility index (Phi) is 6.23. The largest absolute Gasteiger partial charge is 0.401 e. The molecule has 202 valence electrons. The molecule has 6 rings (SSSR count). The summed E-state index contributed by atoms with van der Waals surface area (Å²) in [7, 11) is 0. The van der Waals surface area contributed by atoms with Gasteiger partial charge in [0.1, 0.15) is 17.1 Å². The second kappa shape index (κ2) is 9.62. The fourth-order valence-corrected chi connectivity index (χ4v) is 5.15. The van der Waals surface area contributed by atoms with Gasteiger partial charge in [0, 0.05) is 48.9 Å². The van der Waals surface area contributed by atoms with Crippen LogP contribution >= 0.6 is 0 Å². The number of hydrogen-bond donors (Lipinski definition) is 1. The molecule has 1 fully saturated rings. The summed E-state index contributed by atoms with van der Waals surface area (Å²) in [5.74, 6) is -1.01. The standard InChI is InChI=1S/C28H25F4N5O2/c29-21-11-17(20-15-33-24(34-16-20)12-19-6-10-37-9-2-1-3-22(19)37)4-5-18(21)13-26(38)35-25-14-23(39-36-25)27(7-8-27)28(30,31)32/h4-6,10-11,14-16H,1-3,7-9,12-13H2,(H,35,36,38). The fourth-order valence-electron chi connectivity index (χ4n) is 5.15. The Hall–Kier alpha value is -4.02. The first-order valence-corrected chi connectivity index (χ1v) is 12.8. The van der Waals surface area contributed by atoms with E-state index in [-0.39, 0.29) is 36.4 Å². The smallest absolute Gasteiger partial charge is 0.358 e. The number of nitrogens with zero attached hydrogens (tertiary/aromatic N) is 4. The normalized spacial score (nSPS) is 16.1. The van der Waals surface area contributed by atoms with Crippen LogP contribution in [0.1, 0.15) is 54.1 Å². The molecule has 1 aliphatic heterocycles. The Morgan fingerprint density at radius 2 is 1.85 bits per heavy atom. The first-order chi connectivity index (χ1) is 18.7. The molecule has 2 aliphatic rings. The maximum absolute atomic E-state index is 14.8. The lowest BCUT2D eigenvalue weighted by Crippen LogP contribution is -2.28. The molecule has 39 heavy (non-hydrogen) atoms. The van der Waals surface area contributed by atoms with E-state index in [1.54, 1.807) is 18.5 Å². The highest BCUT2D eigenvalue weighted by Crippen LogP contribution is 2.59. The van der Waals surface area contributed by atoms with Gasteiger partial charge in [0.2, 0.25) is 5.91 Å². The van der Waals surface area contributed by atoms with E-state index < -0.39 is 23.3 Å². The average molecular weight is 540 g/mol. The summed E-state index contributed by atoms with van der Waals surface area (Å²) in [5.41, 5.74) is 1.87. The number of halogens is 4. The second-order valence-electron chi connectivity index (χ2n) is 10.2. The summed E-state index contributed by atoms with van der Waals surface area (Å²) in [5, 5.41) is 5.91. The Balaban J connectivity index is 1.09. The highest BCUT2D eigenvalue weighted by atomic mass is 19.4. The Morgan fingerprint density at radius 3 is 2.56 bits per heavy atom. The molecule has 0 atom stereocenters. The minimum Gasteiger partial charge on any atom is -0.358 e. The number of nitrogens with one attached hydrogen (secondary N) is 1. The van der Waals surface area contributed by atoms with Crippen LogP contribution in [0.3, 0.4) is 0 Å². The second-order valence-corrected chi connectivity index (χ2v) is 10.2. The fraction of sp³-hybridized carbons (Fsp3) is 0.357.